The van der Waals surface area contributed by atoms with E-state index in [2.05, 4.69) is 5.32 Å². The Morgan fingerprint density at radius 3 is 2.20 bits per heavy atom. The second-order valence-corrected chi connectivity index (χ2v) is 3.40. The van der Waals surface area contributed by atoms with Gasteiger partial charge in [0, 0.05) is 13.8 Å². The highest BCUT2D eigenvalue weighted by atomic mass is 16.6. The maximum atomic E-state index is 11.3. The zero-order valence-electron chi connectivity index (χ0n) is 8.77. The van der Waals surface area contributed by atoms with Crippen LogP contribution in [0.1, 0.15) is 20.8 Å². The molecule has 0 spiro atoms. The van der Waals surface area contributed by atoms with Crippen molar-refractivity contribution in [1.29, 1.82) is 0 Å². The van der Waals surface area contributed by atoms with E-state index in [0.29, 0.717) is 0 Å². The average molecular weight is 215 g/mol. The maximum absolute atomic E-state index is 11.3. The predicted octanol–water partition coefficient (Wildman–Crippen LogP) is -0.632. The monoisotopic (exact) mass is 215 g/mol. The summed E-state index contributed by atoms with van der Waals surface area (Å²) < 4.78 is 9.69. The van der Waals surface area contributed by atoms with Crippen LogP contribution in [0.3, 0.4) is 0 Å². The number of nitrogens with one attached hydrogen (secondary N) is 1. The number of ether oxygens (including phenoxy) is 2. The van der Waals surface area contributed by atoms with Crippen LogP contribution >= 0.6 is 0 Å². The molecule has 1 amide bonds. The first-order chi connectivity index (χ1) is 6.91. The Morgan fingerprint density at radius 2 is 1.73 bits per heavy atom. The third kappa shape index (κ3) is 2.68. The van der Waals surface area contributed by atoms with Crippen LogP contribution in [0.2, 0.25) is 0 Å². The molecule has 0 radical (unpaired) electrons. The van der Waals surface area contributed by atoms with Crippen molar-refractivity contribution in [2.75, 3.05) is 0 Å². The van der Waals surface area contributed by atoms with Crippen molar-refractivity contribution in [3.63, 3.8) is 0 Å². The molecule has 1 aliphatic heterocycles. The summed E-state index contributed by atoms with van der Waals surface area (Å²) in [5.41, 5.74) is 0. The third-order valence-electron chi connectivity index (χ3n) is 2.01. The van der Waals surface area contributed by atoms with Crippen molar-refractivity contribution in [2.45, 2.75) is 39.0 Å². The van der Waals surface area contributed by atoms with Gasteiger partial charge in [-0.2, -0.15) is 0 Å². The van der Waals surface area contributed by atoms with E-state index >= 15 is 0 Å². The van der Waals surface area contributed by atoms with Crippen molar-refractivity contribution in [3.8, 4) is 0 Å². The van der Waals surface area contributed by atoms with Crippen molar-refractivity contribution in [3.05, 3.63) is 0 Å². The van der Waals surface area contributed by atoms with Crippen LogP contribution in [0, 0.1) is 0 Å². The van der Waals surface area contributed by atoms with Gasteiger partial charge in [-0.25, -0.2) is 0 Å². The van der Waals surface area contributed by atoms with Gasteiger partial charge in [0.15, 0.2) is 6.10 Å². The maximum Gasteiger partial charge on any atom is 0.303 e. The van der Waals surface area contributed by atoms with E-state index in [9.17, 15) is 14.4 Å². The average Bonchev–Trinajstić information content (AvgIpc) is 2.30. The van der Waals surface area contributed by atoms with E-state index in [0.717, 1.165) is 0 Å². The normalized spacial score (nSPS) is 29.5. The molecule has 1 rings (SSSR count). The van der Waals surface area contributed by atoms with Crippen LogP contribution in [-0.4, -0.2) is 36.1 Å². The zero-order valence-corrected chi connectivity index (χ0v) is 8.77. The van der Waals surface area contributed by atoms with Gasteiger partial charge in [-0.05, 0) is 6.92 Å². The van der Waals surface area contributed by atoms with Crippen LogP contribution in [0.25, 0.3) is 0 Å². The molecular weight excluding hydrogens is 202 g/mol. The summed E-state index contributed by atoms with van der Waals surface area (Å²) in [6, 6.07) is -0.356. The third-order valence-corrected chi connectivity index (χ3v) is 2.01. The van der Waals surface area contributed by atoms with E-state index in [4.69, 9.17) is 9.47 Å². The fourth-order valence-corrected chi connectivity index (χ4v) is 1.45. The first-order valence-corrected chi connectivity index (χ1v) is 4.56. The van der Waals surface area contributed by atoms with Crippen molar-refractivity contribution >= 4 is 17.8 Å². The van der Waals surface area contributed by atoms with Crippen LogP contribution in [-0.2, 0) is 23.9 Å². The van der Waals surface area contributed by atoms with Crippen LogP contribution in [0.4, 0.5) is 0 Å². The molecule has 15 heavy (non-hydrogen) atoms. The number of carbonyl (C=O) groups is 3. The topological polar surface area (TPSA) is 81.7 Å². The molecule has 6 nitrogen and oxygen atoms in total. The lowest BCUT2D eigenvalue weighted by atomic mass is 10.1. The summed E-state index contributed by atoms with van der Waals surface area (Å²) >= 11 is 0. The molecule has 1 N–H and O–H groups in total. The molecule has 6 heteroatoms. The van der Waals surface area contributed by atoms with Gasteiger partial charge in [-0.15, -0.1) is 0 Å². The van der Waals surface area contributed by atoms with Gasteiger partial charge >= 0.3 is 11.9 Å². The Balaban J connectivity index is 2.75. The van der Waals surface area contributed by atoms with Crippen LogP contribution < -0.4 is 5.32 Å². The minimum Gasteiger partial charge on any atom is -0.456 e. The van der Waals surface area contributed by atoms with Gasteiger partial charge in [-0.1, -0.05) is 0 Å². The number of carbonyl (C=O) groups excluding carboxylic acids is 3. The molecule has 0 bridgehead atoms. The second-order valence-electron chi connectivity index (χ2n) is 3.40. The molecule has 0 aliphatic carbocycles. The molecule has 0 unspecified atom stereocenters. The first kappa shape index (κ1) is 11.5. The molecule has 1 aliphatic rings. The molecule has 0 aromatic carbocycles. The van der Waals surface area contributed by atoms with Gasteiger partial charge < -0.3 is 14.8 Å². The van der Waals surface area contributed by atoms with E-state index in [1.54, 1.807) is 6.92 Å². The Hall–Kier alpha value is -1.59. The molecule has 0 saturated carbocycles. The van der Waals surface area contributed by atoms with Crippen molar-refractivity contribution in [1.82, 2.24) is 5.32 Å². The molecule has 0 aromatic heterocycles. The van der Waals surface area contributed by atoms with Gasteiger partial charge in [0.2, 0.25) is 6.10 Å². The Bertz CT molecular complexity index is 301. The lowest BCUT2D eigenvalue weighted by Crippen LogP contribution is -2.37. The Morgan fingerprint density at radius 1 is 1.20 bits per heavy atom. The summed E-state index contributed by atoms with van der Waals surface area (Å²) in [7, 11) is 0. The van der Waals surface area contributed by atoms with E-state index in [1.807, 2.05) is 0 Å². The number of rotatable bonds is 2. The minimum atomic E-state index is -1.04. The van der Waals surface area contributed by atoms with Crippen molar-refractivity contribution < 1.29 is 23.9 Å². The summed E-state index contributed by atoms with van der Waals surface area (Å²) in [4.78, 5) is 32.9. The molecule has 0 aromatic rings. The Labute approximate surface area is 86.9 Å². The molecule has 1 heterocycles. The number of amides is 1. The summed E-state index contributed by atoms with van der Waals surface area (Å²) in [6.07, 6.45) is -1.79. The molecule has 3 atom stereocenters. The van der Waals surface area contributed by atoms with E-state index < -0.39 is 30.1 Å². The standard InChI is InChI=1S/C9H13NO5/c1-4-7(14-5(2)11)8(9(13)10-4)15-6(3)12/h4,7-8H,1-3H3,(H,10,13)/t4-,7+,8+/m0/s1. The minimum absolute atomic E-state index is 0.356. The molecule has 1 saturated heterocycles. The van der Waals surface area contributed by atoms with E-state index in [-0.39, 0.29) is 6.04 Å². The lowest BCUT2D eigenvalue weighted by molar-refractivity contribution is -0.165. The van der Waals surface area contributed by atoms with Crippen LogP contribution in [0.15, 0.2) is 0 Å². The highest BCUT2D eigenvalue weighted by Gasteiger charge is 2.44. The zero-order chi connectivity index (χ0) is 11.6. The Kier molecular flexibility index (Phi) is 3.28. The fraction of sp³-hybridized carbons (Fsp3) is 0.667. The highest BCUT2D eigenvalue weighted by molar-refractivity contribution is 5.87. The summed E-state index contributed by atoms with van der Waals surface area (Å²) in [6.45, 7) is 4.11. The lowest BCUT2D eigenvalue weighted by Gasteiger charge is -2.19. The van der Waals surface area contributed by atoms with Crippen LogP contribution in [0.5, 0.6) is 0 Å². The number of hydrogen-bond donors (Lipinski definition) is 1. The van der Waals surface area contributed by atoms with Gasteiger partial charge in [0.1, 0.15) is 0 Å². The quantitative estimate of drug-likeness (QED) is 0.620. The summed E-state index contributed by atoms with van der Waals surface area (Å²) in [5.74, 6) is -1.54. The largest absolute Gasteiger partial charge is 0.456 e. The fourth-order valence-electron chi connectivity index (χ4n) is 1.45. The smallest absolute Gasteiger partial charge is 0.303 e. The molecular formula is C9H13NO5. The molecule has 84 valence electrons. The summed E-state index contributed by atoms with van der Waals surface area (Å²) in [5, 5.41) is 2.53. The van der Waals surface area contributed by atoms with Gasteiger partial charge in [0.25, 0.3) is 5.91 Å². The second kappa shape index (κ2) is 4.29. The van der Waals surface area contributed by atoms with Crippen molar-refractivity contribution in [2.24, 2.45) is 0 Å². The number of hydrogen-bond acceptors (Lipinski definition) is 5. The van der Waals surface area contributed by atoms with E-state index in [1.165, 1.54) is 13.8 Å². The SMILES string of the molecule is CC(=O)O[C@@H]1[C@H](C)NC(=O)[C@@H]1OC(C)=O. The number of esters is 2. The van der Waals surface area contributed by atoms with Gasteiger partial charge in [0.05, 0.1) is 6.04 Å². The molecule has 1 fully saturated rings. The first-order valence-electron chi connectivity index (χ1n) is 4.56. The highest BCUT2D eigenvalue weighted by Crippen LogP contribution is 2.16. The predicted molar refractivity (Wildman–Crippen MR) is 48.7 cm³/mol. The van der Waals surface area contributed by atoms with Gasteiger partial charge in [-0.3, -0.25) is 14.4 Å².